The third-order valence-electron chi connectivity index (χ3n) is 3.56. The number of hydrogen-bond acceptors (Lipinski definition) is 5. The minimum atomic E-state index is -0.108. The van der Waals surface area contributed by atoms with Gasteiger partial charge in [0, 0.05) is 23.7 Å². The summed E-state index contributed by atoms with van der Waals surface area (Å²) in [4.78, 5) is 16.3. The van der Waals surface area contributed by atoms with Gasteiger partial charge in [0.15, 0.2) is 0 Å². The number of nitrogens with one attached hydrogen (secondary N) is 1. The molecular formula is C19H18N2O3S. The highest BCUT2D eigenvalue weighted by Crippen LogP contribution is 2.23. The van der Waals surface area contributed by atoms with Gasteiger partial charge in [-0.1, -0.05) is 23.5 Å². The van der Waals surface area contributed by atoms with E-state index in [1.54, 1.807) is 37.6 Å². The van der Waals surface area contributed by atoms with Crippen molar-refractivity contribution in [2.75, 3.05) is 13.7 Å². The van der Waals surface area contributed by atoms with E-state index in [4.69, 9.17) is 9.47 Å². The number of hydrogen-bond donors (Lipinski definition) is 1. The lowest BCUT2D eigenvalue weighted by Crippen LogP contribution is -2.25. The number of carbonyl (C=O) groups is 1. The molecule has 1 heterocycles. The molecular weight excluding hydrogens is 336 g/mol. The quantitative estimate of drug-likeness (QED) is 0.699. The maximum absolute atomic E-state index is 12.2. The average Bonchev–Trinajstić information content (AvgIpc) is 3.15. The molecule has 1 N–H and O–H groups in total. The third kappa shape index (κ3) is 4.81. The maximum atomic E-state index is 12.2. The summed E-state index contributed by atoms with van der Waals surface area (Å²) < 4.78 is 10.8. The summed E-state index contributed by atoms with van der Waals surface area (Å²) in [6.07, 6.45) is 2.43. The molecule has 2 aromatic carbocycles. The summed E-state index contributed by atoms with van der Waals surface area (Å²) in [5, 5.41) is 5.34. The van der Waals surface area contributed by atoms with Crippen LogP contribution in [-0.2, 0) is 6.42 Å². The van der Waals surface area contributed by atoms with Crippen LogP contribution in [0.2, 0.25) is 0 Å². The zero-order valence-electron chi connectivity index (χ0n) is 13.8. The molecule has 0 atom stereocenters. The fourth-order valence-corrected chi connectivity index (χ4v) is 2.79. The predicted molar refractivity (Wildman–Crippen MR) is 97.7 cm³/mol. The van der Waals surface area contributed by atoms with Crippen molar-refractivity contribution in [3.8, 4) is 16.7 Å². The Bertz CT molecular complexity index is 817. The van der Waals surface area contributed by atoms with E-state index in [0.717, 1.165) is 17.7 Å². The molecule has 6 heteroatoms. The first kappa shape index (κ1) is 17.0. The number of thiazole rings is 1. The van der Waals surface area contributed by atoms with E-state index >= 15 is 0 Å². The molecule has 0 aliphatic rings. The van der Waals surface area contributed by atoms with Gasteiger partial charge in [0.2, 0.25) is 0 Å². The van der Waals surface area contributed by atoms with Gasteiger partial charge in [0.25, 0.3) is 11.1 Å². The normalized spacial score (nSPS) is 10.3. The highest BCUT2D eigenvalue weighted by molar-refractivity contribution is 7.11. The van der Waals surface area contributed by atoms with E-state index in [1.807, 2.05) is 29.6 Å². The first-order valence-corrected chi connectivity index (χ1v) is 8.71. The Labute approximate surface area is 150 Å². The summed E-state index contributed by atoms with van der Waals surface area (Å²) >= 11 is 1.42. The Morgan fingerprint density at radius 1 is 1.16 bits per heavy atom. The van der Waals surface area contributed by atoms with E-state index in [1.165, 1.54) is 11.3 Å². The molecule has 0 aliphatic heterocycles. The number of rotatable bonds is 7. The van der Waals surface area contributed by atoms with E-state index in [2.05, 4.69) is 10.3 Å². The first-order valence-electron chi connectivity index (χ1n) is 7.83. The van der Waals surface area contributed by atoms with Crippen LogP contribution in [0.15, 0.2) is 60.1 Å². The molecule has 0 fully saturated rings. The van der Waals surface area contributed by atoms with Gasteiger partial charge in [-0.2, -0.15) is 0 Å². The summed E-state index contributed by atoms with van der Waals surface area (Å²) in [5.74, 6) is 1.37. The predicted octanol–water partition coefficient (Wildman–Crippen LogP) is 3.92. The lowest BCUT2D eigenvalue weighted by molar-refractivity contribution is 0.0954. The minimum Gasteiger partial charge on any atom is -0.497 e. The number of nitrogens with zero attached hydrogens (tertiary/aromatic N) is 1. The van der Waals surface area contributed by atoms with Gasteiger partial charge in [-0.25, -0.2) is 4.98 Å². The highest BCUT2D eigenvalue weighted by atomic mass is 32.1. The largest absolute Gasteiger partial charge is 0.497 e. The van der Waals surface area contributed by atoms with Gasteiger partial charge >= 0.3 is 0 Å². The standard InChI is InChI=1S/C19H18N2O3S/c1-23-17-4-2-3-14(13-17)9-10-20-18(22)15-5-7-16(8-6-15)24-19-21-11-12-25-19/h2-8,11-13H,9-10H2,1H3,(H,20,22). The number of carbonyl (C=O) groups excluding carboxylic acids is 1. The fourth-order valence-electron chi connectivity index (χ4n) is 2.29. The van der Waals surface area contributed by atoms with Crippen molar-refractivity contribution in [1.29, 1.82) is 0 Å². The number of benzene rings is 2. The SMILES string of the molecule is COc1cccc(CCNC(=O)c2ccc(Oc3nccs3)cc2)c1. The molecule has 0 unspecified atom stereocenters. The molecule has 1 amide bonds. The van der Waals surface area contributed by atoms with Gasteiger partial charge in [-0.3, -0.25) is 4.79 Å². The summed E-state index contributed by atoms with van der Waals surface area (Å²) in [7, 11) is 1.64. The van der Waals surface area contributed by atoms with Crippen molar-refractivity contribution in [1.82, 2.24) is 10.3 Å². The van der Waals surface area contributed by atoms with E-state index in [9.17, 15) is 4.79 Å². The van der Waals surface area contributed by atoms with E-state index < -0.39 is 0 Å². The Morgan fingerprint density at radius 2 is 2.00 bits per heavy atom. The van der Waals surface area contributed by atoms with Crippen molar-refractivity contribution in [2.24, 2.45) is 0 Å². The minimum absolute atomic E-state index is 0.108. The van der Waals surface area contributed by atoms with Crippen LogP contribution in [0.5, 0.6) is 16.7 Å². The zero-order chi connectivity index (χ0) is 17.5. The Balaban J connectivity index is 1.50. The van der Waals surface area contributed by atoms with E-state index in [-0.39, 0.29) is 5.91 Å². The van der Waals surface area contributed by atoms with Crippen molar-refractivity contribution < 1.29 is 14.3 Å². The Morgan fingerprint density at radius 3 is 2.72 bits per heavy atom. The summed E-state index contributed by atoms with van der Waals surface area (Å²) in [6, 6.07) is 14.8. The van der Waals surface area contributed by atoms with Crippen LogP contribution in [0.25, 0.3) is 0 Å². The second-order valence-electron chi connectivity index (χ2n) is 5.28. The lowest BCUT2D eigenvalue weighted by atomic mass is 10.1. The molecule has 128 valence electrons. The Kier molecular flexibility index (Phi) is 5.64. The van der Waals surface area contributed by atoms with Crippen molar-refractivity contribution in [3.05, 3.63) is 71.2 Å². The van der Waals surface area contributed by atoms with Crippen LogP contribution in [0.4, 0.5) is 0 Å². The molecule has 0 bridgehead atoms. The van der Waals surface area contributed by atoms with Gasteiger partial charge < -0.3 is 14.8 Å². The molecule has 0 spiro atoms. The summed E-state index contributed by atoms with van der Waals surface area (Å²) in [6.45, 7) is 0.559. The molecule has 5 nitrogen and oxygen atoms in total. The molecule has 3 aromatic rings. The molecule has 0 saturated carbocycles. The summed E-state index contributed by atoms with van der Waals surface area (Å²) in [5.41, 5.74) is 1.71. The van der Waals surface area contributed by atoms with Crippen molar-refractivity contribution in [3.63, 3.8) is 0 Å². The monoisotopic (exact) mass is 354 g/mol. The molecule has 25 heavy (non-hydrogen) atoms. The average molecular weight is 354 g/mol. The van der Waals surface area contributed by atoms with Crippen LogP contribution >= 0.6 is 11.3 Å². The van der Waals surface area contributed by atoms with Gasteiger partial charge in [0.05, 0.1) is 7.11 Å². The van der Waals surface area contributed by atoms with Gasteiger partial charge in [0.1, 0.15) is 11.5 Å². The fraction of sp³-hybridized carbons (Fsp3) is 0.158. The topological polar surface area (TPSA) is 60.5 Å². The van der Waals surface area contributed by atoms with Crippen LogP contribution < -0.4 is 14.8 Å². The molecule has 3 rings (SSSR count). The van der Waals surface area contributed by atoms with Crippen LogP contribution in [-0.4, -0.2) is 24.5 Å². The number of amides is 1. The molecule has 0 aliphatic carbocycles. The van der Waals surface area contributed by atoms with Crippen LogP contribution in [0, 0.1) is 0 Å². The third-order valence-corrected chi connectivity index (χ3v) is 4.21. The Hall–Kier alpha value is -2.86. The van der Waals surface area contributed by atoms with Crippen molar-refractivity contribution in [2.45, 2.75) is 6.42 Å². The molecule has 0 radical (unpaired) electrons. The number of methoxy groups -OCH3 is 1. The van der Waals surface area contributed by atoms with Crippen LogP contribution in [0.1, 0.15) is 15.9 Å². The lowest BCUT2D eigenvalue weighted by Gasteiger charge is -2.07. The first-order chi connectivity index (χ1) is 12.2. The second kappa shape index (κ2) is 8.30. The maximum Gasteiger partial charge on any atom is 0.278 e. The van der Waals surface area contributed by atoms with E-state index in [0.29, 0.717) is 23.1 Å². The molecule has 0 saturated heterocycles. The van der Waals surface area contributed by atoms with Crippen LogP contribution in [0.3, 0.4) is 0 Å². The molecule has 1 aromatic heterocycles. The number of ether oxygens (including phenoxy) is 2. The number of aromatic nitrogens is 1. The van der Waals surface area contributed by atoms with Gasteiger partial charge in [-0.05, 0) is 48.4 Å². The second-order valence-corrected chi connectivity index (χ2v) is 6.14. The van der Waals surface area contributed by atoms with Crippen molar-refractivity contribution >= 4 is 17.2 Å². The van der Waals surface area contributed by atoms with Gasteiger partial charge in [-0.15, -0.1) is 0 Å². The smallest absolute Gasteiger partial charge is 0.278 e. The zero-order valence-corrected chi connectivity index (χ0v) is 14.6. The highest BCUT2D eigenvalue weighted by Gasteiger charge is 2.06.